The molecule has 29 heavy (non-hydrogen) atoms. The van der Waals surface area contributed by atoms with Crippen LogP contribution in [0.3, 0.4) is 0 Å². The molecule has 9 heteroatoms. The van der Waals surface area contributed by atoms with Crippen molar-refractivity contribution in [3.05, 3.63) is 81.4 Å². The van der Waals surface area contributed by atoms with Crippen LogP contribution in [0.2, 0.25) is 0 Å². The minimum atomic E-state index is -0.410. The molecule has 0 saturated carbocycles. The first-order valence-electron chi connectivity index (χ1n) is 9.19. The maximum atomic E-state index is 13.1. The molecule has 1 fully saturated rings. The molecule has 1 aromatic heterocycles. The molecule has 1 aliphatic rings. The number of hydrogen-bond donors (Lipinski definition) is 1. The van der Waals surface area contributed by atoms with E-state index in [0.29, 0.717) is 36.6 Å². The molecule has 0 aliphatic carbocycles. The van der Waals surface area contributed by atoms with Crippen molar-refractivity contribution < 1.29 is 9.72 Å². The summed E-state index contributed by atoms with van der Waals surface area (Å²) in [7, 11) is 0. The van der Waals surface area contributed by atoms with Crippen LogP contribution >= 0.6 is 12.2 Å². The molecule has 3 aromatic rings. The second-order valence-electron chi connectivity index (χ2n) is 6.70. The summed E-state index contributed by atoms with van der Waals surface area (Å²) in [6.07, 6.45) is 1.65. The summed E-state index contributed by atoms with van der Waals surface area (Å²) in [6.45, 7) is 2.42. The molecule has 2 aromatic carbocycles. The van der Waals surface area contributed by atoms with E-state index in [1.807, 2.05) is 30.3 Å². The number of H-pyrrole nitrogens is 1. The smallest absolute Gasteiger partial charge is 0.272 e. The fourth-order valence-electron chi connectivity index (χ4n) is 3.47. The quantitative estimate of drug-likeness (QED) is 0.405. The molecule has 0 radical (unpaired) electrons. The number of imidazole rings is 1. The number of nitro groups is 1. The molecule has 1 amide bonds. The number of nitrogens with zero attached hydrogens (tertiary/aromatic N) is 4. The van der Waals surface area contributed by atoms with Gasteiger partial charge in [0.25, 0.3) is 11.6 Å². The van der Waals surface area contributed by atoms with Crippen molar-refractivity contribution in [1.29, 1.82) is 0 Å². The van der Waals surface area contributed by atoms with Crippen molar-refractivity contribution >= 4 is 29.5 Å². The summed E-state index contributed by atoms with van der Waals surface area (Å²) in [5.41, 5.74) is 2.33. The highest BCUT2D eigenvalue weighted by atomic mass is 32.1. The zero-order valence-electron chi connectivity index (χ0n) is 15.5. The Morgan fingerprint density at radius 3 is 2.24 bits per heavy atom. The number of carbonyl (C=O) groups excluding carboxylic acids is 1. The Morgan fingerprint density at radius 2 is 1.62 bits per heavy atom. The molecule has 0 atom stereocenters. The highest BCUT2D eigenvalue weighted by Gasteiger charge is 2.25. The number of aromatic amines is 1. The normalized spacial score (nSPS) is 14.1. The van der Waals surface area contributed by atoms with Crippen molar-refractivity contribution in [2.24, 2.45) is 0 Å². The first kappa shape index (κ1) is 18.9. The SMILES string of the molecule is O=C(c1c[nH]c(=S)n1-c1ccccc1)N1CCN(c2ccc([N+](=O)[O-])cc2)CC1. The van der Waals surface area contributed by atoms with Gasteiger partial charge in [-0.05, 0) is 36.5 Å². The van der Waals surface area contributed by atoms with Gasteiger partial charge in [-0.2, -0.15) is 0 Å². The van der Waals surface area contributed by atoms with Crippen LogP contribution in [-0.4, -0.2) is 51.5 Å². The third-order valence-electron chi connectivity index (χ3n) is 5.00. The minimum Gasteiger partial charge on any atom is -0.368 e. The van der Waals surface area contributed by atoms with Crippen molar-refractivity contribution in [2.45, 2.75) is 0 Å². The standard InChI is InChI=1S/C20H19N5O3S/c26-19(18-14-21-20(29)24(18)16-4-2-1-3-5-16)23-12-10-22(11-13-23)15-6-8-17(9-7-15)25(27)28/h1-9,14H,10-13H2,(H,21,29). The molecule has 0 unspecified atom stereocenters. The number of rotatable bonds is 4. The third-order valence-corrected chi connectivity index (χ3v) is 5.30. The number of amides is 1. The Kier molecular flexibility index (Phi) is 5.13. The van der Waals surface area contributed by atoms with E-state index in [9.17, 15) is 14.9 Å². The second-order valence-corrected chi connectivity index (χ2v) is 7.09. The van der Waals surface area contributed by atoms with Crippen LogP contribution in [0.15, 0.2) is 60.8 Å². The lowest BCUT2D eigenvalue weighted by Crippen LogP contribution is -2.49. The molecule has 0 spiro atoms. The summed E-state index contributed by atoms with van der Waals surface area (Å²) in [5, 5.41) is 10.8. The van der Waals surface area contributed by atoms with Crippen LogP contribution in [0, 0.1) is 14.9 Å². The van der Waals surface area contributed by atoms with E-state index in [0.717, 1.165) is 11.4 Å². The molecule has 2 heterocycles. The van der Waals surface area contributed by atoms with E-state index in [-0.39, 0.29) is 11.6 Å². The Labute approximate surface area is 172 Å². The zero-order valence-corrected chi connectivity index (χ0v) is 16.3. The van der Waals surface area contributed by atoms with Gasteiger partial charge in [0, 0.05) is 55.9 Å². The summed E-state index contributed by atoms with van der Waals surface area (Å²) in [4.78, 5) is 30.4. The molecule has 8 nitrogen and oxygen atoms in total. The number of aromatic nitrogens is 2. The van der Waals surface area contributed by atoms with Gasteiger partial charge < -0.3 is 14.8 Å². The van der Waals surface area contributed by atoms with Crippen molar-refractivity contribution in [3.63, 3.8) is 0 Å². The van der Waals surface area contributed by atoms with Gasteiger partial charge >= 0.3 is 0 Å². The summed E-state index contributed by atoms with van der Waals surface area (Å²) in [6, 6.07) is 16.0. The lowest BCUT2D eigenvalue weighted by Gasteiger charge is -2.36. The van der Waals surface area contributed by atoms with Crippen LogP contribution in [0.4, 0.5) is 11.4 Å². The molecule has 0 bridgehead atoms. The molecule has 148 valence electrons. The number of carbonyl (C=O) groups is 1. The van der Waals surface area contributed by atoms with Gasteiger partial charge in [0.2, 0.25) is 0 Å². The van der Waals surface area contributed by atoms with E-state index >= 15 is 0 Å². The predicted octanol–water partition coefficient (Wildman–Crippen LogP) is 3.41. The van der Waals surface area contributed by atoms with Gasteiger partial charge in [0.05, 0.1) is 4.92 Å². The summed E-state index contributed by atoms with van der Waals surface area (Å²) >= 11 is 5.37. The van der Waals surface area contributed by atoms with E-state index < -0.39 is 4.92 Å². The number of nitro benzene ring substituents is 1. The number of nitrogens with one attached hydrogen (secondary N) is 1. The number of para-hydroxylation sites is 1. The van der Waals surface area contributed by atoms with Gasteiger partial charge in [-0.25, -0.2) is 0 Å². The molecule has 1 aliphatic heterocycles. The van der Waals surface area contributed by atoms with Gasteiger partial charge in [-0.1, -0.05) is 18.2 Å². The van der Waals surface area contributed by atoms with Crippen molar-refractivity contribution in [3.8, 4) is 5.69 Å². The van der Waals surface area contributed by atoms with Gasteiger partial charge in [0.15, 0.2) is 4.77 Å². The number of anilines is 1. The first-order valence-corrected chi connectivity index (χ1v) is 9.60. The predicted molar refractivity (Wildman–Crippen MR) is 112 cm³/mol. The van der Waals surface area contributed by atoms with E-state index in [1.54, 1.807) is 27.8 Å². The number of non-ortho nitro benzene ring substituents is 1. The second kappa shape index (κ2) is 7.88. The zero-order chi connectivity index (χ0) is 20.4. The average Bonchev–Trinajstić information content (AvgIpc) is 3.15. The first-order chi connectivity index (χ1) is 14.0. The maximum Gasteiger partial charge on any atom is 0.272 e. The van der Waals surface area contributed by atoms with Crippen molar-refractivity contribution in [2.75, 3.05) is 31.1 Å². The highest BCUT2D eigenvalue weighted by molar-refractivity contribution is 7.71. The van der Waals surface area contributed by atoms with Crippen LogP contribution < -0.4 is 4.90 Å². The van der Waals surface area contributed by atoms with E-state index in [2.05, 4.69) is 9.88 Å². The van der Waals surface area contributed by atoms with E-state index in [1.165, 1.54) is 12.1 Å². The molecule has 1 N–H and O–H groups in total. The Hall–Kier alpha value is -3.46. The summed E-state index contributed by atoms with van der Waals surface area (Å²) < 4.78 is 2.23. The van der Waals surface area contributed by atoms with Crippen LogP contribution in [0.25, 0.3) is 5.69 Å². The topological polar surface area (TPSA) is 87.4 Å². The van der Waals surface area contributed by atoms with E-state index in [4.69, 9.17) is 12.2 Å². The largest absolute Gasteiger partial charge is 0.368 e. The summed E-state index contributed by atoms with van der Waals surface area (Å²) in [5.74, 6) is -0.0791. The van der Waals surface area contributed by atoms with Gasteiger partial charge in [-0.15, -0.1) is 0 Å². The number of benzene rings is 2. The monoisotopic (exact) mass is 409 g/mol. The van der Waals surface area contributed by atoms with Gasteiger partial charge in [0.1, 0.15) is 5.69 Å². The molecular weight excluding hydrogens is 390 g/mol. The lowest BCUT2D eigenvalue weighted by molar-refractivity contribution is -0.384. The van der Waals surface area contributed by atoms with Crippen LogP contribution in [0.5, 0.6) is 0 Å². The van der Waals surface area contributed by atoms with Crippen LogP contribution in [0.1, 0.15) is 10.5 Å². The third kappa shape index (κ3) is 3.77. The molecular formula is C20H19N5O3S. The number of hydrogen-bond acceptors (Lipinski definition) is 5. The van der Waals surface area contributed by atoms with Crippen LogP contribution in [-0.2, 0) is 0 Å². The molecule has 1 saturated heterocycles. The van der Waals surface area contributed by atoms with Crippen molar-refractivity contribution in [1.82, 2.24) is 14.5 Å². The highest BCUT2D eigenvalue weighted by Crippen LogP contribution is 2.22. The average molecular weight is 409 g/mol. The number of piperazine rings is 1. The fourth-order valence-corrected chi connectivity index (χ4v) is 3.74. The lowest BCUT2D eigenvalue weighted by atomic mass is 10.2. The Balaban J connectivity index is 1.48. The Morgan fingerprint density at radius 1 is 0.966 bits per heavy atom. The fraction of sp³-hybridized carbons (Fsp3) is 0.200. The maximum absolute atomic E-state index is 13.1. The minimum absolute atomic E-state index is 0.0696. The Bertz CT molecular complexity index is 1080. The van der Waals surface area contributed by atoms with Gasteiger partial charge in [-0.3, -0.25) is 19.5 Å². The molecule has 4 rings (SSSR count).